The van der Waals surface area contributed by atoms with Gasteiger partial charge in [0.2, 0.25) is 0 Å². The Bertz CT molecular complexity index is 985. The Balaban J connectivity index is 1.55. The molecule has 0 atom stereocenters. The van der Waals surface area contributed by atoms with E-state index in [9.17, 15) is 4.79 Å². The number of hydrogen-bond donors (Lipinski definition) is 3. The predicted molar refractivity (Wildman–Crippen MR) is 120 cm³/mol. The first-order chi connectivity index (χ1) is 14.3. The minimum Gasteiger partial charge on any atom is -0.444 e. The molecule has 0 saturated heterocycles. The van der Waals surface area contributed by atoms with Gasteiger partial charge in [0.25, 0.3) is 0 Å². The van der Waals surface area contributed by atoms with Gasteiger partial charge in [0, 0.05) is 25.4 Å². The first kappa shape index (κ1) is 21.5. The molecule has 3 aromatic rings. The number of nitrogens with zero attached hydrogens (tertiary/aromatic N) is 3. The van der Waals surface area contributed by atoms with Crippen LogP contribution in [0.3, 0.4) is 0 Å². The third-order valence-corrected chi connectivity index (χ3v) is 4.70. The maximum atomic E-state index is 11.7. The predicted octanol–water partition coefficient (Wildman–Crippen LogP) is 4.59. The molecule has 8 nitrogen and oxygen atoms in total. The minimum absolute atomic E-state index is 0.410. The van der Waals surface area contributed by atoms with E-state index in [4.69, 9.17) is 4.74 Å². The molecule has 2 aromatic heterocycles. The normalized spacial score (nSPS) is 11.1. The van der Waals surface area contributed by atoms with Crippen molar-refractivity contribution in [1.29, 1.82) is 0 Å². The average molecular weight is 427 g/mol. The van der Waals surface area contributed by atoms with Crippen molar-refractivity contribution in [2.75, 3.05) is 23.7 Å². The van der Waals surface area contributed by atoms with Gasteiger partial charge in [0.15, 0.2) is 5.13 Å². The number of benzene rings is 1. The Labute approximate surface area is 180 Å². The summed E-state index contributed by atoms with van der Waals surface area (Å²) >= 11 is 1.56. The number of carbonyl (C=O) groups excluding carboxylic acids is 1. The lowest BCUT2D eigenvalue weighted by atomic mass is 10.2. The van der Waals surface area contributed by atoms with Crippen LogP contribution in [-0.2, 0) is 4.74 Å². The number of ether oxygens (including phenoxy) is 1. The second-order valence-electron chi connectivity index (χ2n) is 7.56. The van der Waals surface area contributed by atoms with E-state index in [-0.39, 0.29) is 0 Å². The fourth-order valence-electron chi connectivity index (χ4n) is 2.57. The van der Waals surface area contributed by atoms with Crippen LogP contribution in [0.5, 0.6) is 0 Å². The highest BCUT2D eigenvalue weighted by molar-refractivity contribution is 7.18. The summed E-state index contributed by atoms with van der Waals surface area (Å²) in [6, 6.07) is 11.9. The molecule has 30 heavy (non-hydrogen) atoms. The average Bonchev–Trinajstić information content (AvgIpc) is 3.13. The van der Waals surface area contributed by atoms with Crippen LogP contribution >= 0.6 is 11.3 Å². The number of hydrogen-bond acceptors (Lipinski definition) is 8. The number of carbonyl (C=O) groups is 1. The van der Waals surface area contributed by atoms with Gasteiger partial charge in [-0.15, -0.1) is 0 Å². The van der Waals surface area contributed by atoms with Gasteiger partial charge in [-0.2, -0.15) is 0 Å². The number of amides is 1. The molecule has 0 radical (unpaired) electrons. The van der Waals surface area contributed by atoms with E-state index in [0.29, 0.717) is 30.5 Å². The summed E-state index contributed by atoms with van der Waals surface area (Å²) in [5.41, 5.74) is 0.611. The summed E-state index contributed by atoms with van der Waals surface area (Å²) in [5, 5.41) is 9.88. The molecule has 0 aliphatic rings. The second kappa shape index (κ2) is 9.53. The molecule has 0 aliphatic carbocycles. The largest absolute Gasteiger partial charge is 0.444 e. The number of rotatable bonds is 7. The van der Waals surface area contributed by atoms with E-state index in [1.807, 2.05) is 58.2 Å². The Kier molecular flexibility index (Phi) is 6.83. The van der Waals surface area contributed by atoms with Crippen LogP contribution in [0.4, 0.5) is 21.6 Å². The molecule has 0 bridgehead atoms. The van der Waals surface area contributed by atoms with Gasteiger partial charge >= 0.3 is 6.09 Å². The molecular weight excluding hydrogens is 400 g/mol. The molecule has 0 unspecified atom stereocenters. The third kappa shape index (κ3) is 6.70. The van der Waals surface area contributed by atoms with Crippen LogP contribution in [0.25, 0.3) is 10.4 Å². The van der Waals surface area contributed by atoms with E-state index in [0.717, 1.165) is 15.6 Å². The molecule has 3 rings (SSSR count). The van der Waals surface area contributed by atoms with Crippen molar-refractivity contribution >= 4 is 34.2 Å². The quantitative estimate of drug-likeness (QED) is 0.475. The van der Waals surface area contributed by atoms with Gasteiger partial charge in [0.1, 0.15) is 23.1 Å². The van der Waals surface area contributed by atoms with Crippen molar-refractivity contribution in [3.63, 3.8) is 0 Å². The first-order valence-electron chi connectivity index (χ1n) is 9.63. The highest BCUT2D eigenvalue weighted by atomic mass is 32.1. The zero-order valence-corrected chi connectivity index (χ0v) is 18.3. The van der Waals surface area contributed by atoms with Crippen LogP contribution in [0.2, 0.25) is 0 Å². The Morgan fingerprint density at radius 1 is 1.10 bits per heavy atom. The van der Waals surface area contributed by atoms with Crippen LogP contribution in [0, 0.1) is 6.92 Å². The van der Waals surface area contributed by atoms with Crippen LogP contribution < -0.4 is 16.0 Å². The van der Waals surface area contributed by atoms with Crippen molar-refractivity contribution in [3.05, 3.63) is 48.4 Å². The molecule has 0 fully saturated rings. The van der Waals surface area contributed by atoms with E-state index in [2.05, 4.69) is 43.0 Å². The fraction of sp³-hybridized carbons (Fsp3) is 0.333. The second-order valence-corrected chi connectivity index (χ2v) is 8.59. The SMILES string of the molecule is Cc1nc(NCCNC(=O)OC(C)(C)C)cc(Nc2ncc(-c3ccccc3)s2)n1. The number of anilines is 3. The number of aryl methyl sites for hydroxylation is 1. The molecular formula is C21H26N6O2S. The van der Waals surface area contributed by atoms with E-state index < -0.39 is 11.7 Å². The molecule has 0 saturated carbocycles. The van der Waals surface area contributed by atoms with Gasteiger partial charge < -0.3 is 20.7 Å². The number of alkyl carbamates (subject to hydrolysis) is 1. The van der Waals surface area contributed by atoms with Crippen LogP contribution in [0.15, 0.2) is 42.6 Å². The highest BCUT2D eigenvalue weighted by Gasteiger charge is 2.15. The number of nitrogens with one attached hydrogen (secondary N) is 3. The van der Waals surface area contributed by atoms with Crippen LogP contribution in [-0.4, -0.2) is 39.7 Å². The summed E-state index contributed by atoms with van der Waals surface area (Å²) in [4.78, 5) is 26.0. The van der Waals surface area contributed by atoms with Crippen molar-refractivity contribution in [2.45, 2.75) is 33.3 Å². The van der Waals surface area contributed by atoms with Crippen molar-refractivity contribution in [3.8, 4) is 10.4 Å². The highest BCUT2D eigenvalue weighted by Crippen LogP contribution is 2.30. The Hall–Kier alpha value is -3.20. The molecule has 9 heteroatoms. The van der Waals surface area contributed by atoms with Gasteiger partial charge in [-0.05, 0) is 33.3 Å². The molecule has 0 spiro atoms. The summed E-state index contributed by atoms with van der Waals surface area (Å²) in [5.74, 6) is 1.94. The van der Waals surface area contributed by atoms with Gasteiger partial charge in [0.05, 0.1) is 4.88 Å². The molecule has 158 valence electrons. The summed E-state index contributed by atoms with van der Waals surface area (Å²) in [6.07, 6.45) is 1.40. The Morgan fingerprint density at radius 2 is 1.83 bits per heavy atom. The van der Waals surface area contributed by atoms with Crippen LogP contribution in [0.1, 0.15) is 26.6 Å². The zero-order chi connectivity index (χ0) is 21.6. The molecule has 1 amide bonds. The summed E-state index contributed by atoms with van der Waals surface area (Å²) in [6.45, 7) is 8.22. The maximum absolute atomic E-state index is 11.7. The van der Waals surface area contributed by atoms with Crippen molar-refractivity contribution in [2.24, 2.45) is 0 Å². The van der Waals surface area contributed by atoms with Gasteiger partial charge in [-0.25, -0.2) is 19.7 Å². The first-order valence-corrected chi connectivity index (χ1v) is 10.4. The lowest BCUT2D eigenvalue weighted by molar-refractivity contribution is 0.0530. The van der Waals surface area contributed by atoms with Gasteiger partial charge in [-0.3, -0.25) is 0 Å². The van der Waals surface area contributed by atoms with Gasteiger partial charge in [-0.1, -0.05) is 41.7 Å². The van der Waals surface area contributed by atoms with E-state index >= 15 is 0 Å². The standard InChI is InChI=1S/C21H26N6O2S/c1-14-25-17(22-10-11-23-20(28)29-21(2,3)4)12-18(26-14)27-19-24-13-16(30-19)15-8-6-5-7-9-15/h5-9,12-13H,10-11H2,1-4H3,(H,23,28)(H2,22,24,25,26,27). The lowest BCUT2D eigenvalue weighted by Crippen LogP contribution is -2.35. The Morgan fingerprint density at radius 3 is 2.57 bits per heavy atom. The number of aromatic nitrogens is 3. The monoisotopic (exact) mass is 426 g/mol. The lowest BCUT2D eigenvalue weighted by Gasteiger charge is -2.19. The number of thiazole rings is 1. The molecule has 2 heterocycles. The zero-order valence-electron chi connectivity index (χ0n) is 17.5. The maximum Gasteiger partial charge on any atom is 0.407 e. The van der Waals surface area contributed by atoms with Crippen molar-refractivity contribution in [1.82, 2.24) is 20.3 Å². The molecule has 0 aliphatic heterocycles. The summed E-state index contributed by atoms with van der Waals surface area (Å²) < 4.78 is 5.21. The minimum atomic E-state index is -0.516. The topological polar surface area (TPSA) is 101 Å². The summed E-state index contributed by atoms with van der Waals surface area (Å²) in [7, 11) is 0. The van der Waals surface area contributed by atoms with E-state index in [1.165, 1.54) is 0 Å². The smallest absolute Gasteiger partial charge is 0.407 e. The van der Waals surface area contributed by atoms with E-state index in [1.54, 1.807) is 11.3 Å². The third-order valence-electron chi connectivity index (χ3n) is 3.74. The molecule has 3 N–H and O–H groups in total. The fourth-order valence-corrected chi connectivity index (χ4v) is 3.40. The molecule has 1 aromatic carbocycles. The van der Waals surface area contributed by atoms with Crippen molar-refractivity contribution < 1.29 is 9.53 Å².